The predicted molar refractivity (Wildman–Crippen MR) is 122 cm³/mol. The maximum Gasteiger partial charge on any atom is 0.237 e. The van der Waals surface area contributed by atoms with Crippen LogP contribution in [0.2, 0.25) is 0 Å². The van der Waals surface area contributed by atoms with Crippen molar-refractivity contribution in [2.24, 2.45) is 0 Å². The van der Waals surface area contributed by atoms with Gasteiger partial charge in [-0.2, -0.15) is 0 Å². The molecular weight excluding hydrogens is 410 g/mol. The fourth-order valence-electron chi connectivity index (χ4n) is 4.27. The van der Waals surface area contributed by atoms with Crippen LogP contribution < -0.4 is 9.80 Å². The molecule has 0 radical (unpaired) electrons. The van der Waals surface area contributed by atoms with E-state index in [1.807, 2.05) is 58.0 Å². The van der Waals surface area contributed by atoms with Crippen molar-refractivity contribution in [3.63, 3.8) is 0 Å². The summed E-state index contributed by atoms with van der Waals surface area (Å²) in [5, 5.41) is 9.66. The highest BCUT2D eigenvalue weighted by molar-refractivity contribution is 7.99. The molecule has 31 heavy (non-hydrogen) atoms. The molecule has 1 fully saturated rings. The Kier molecular flexibility index (Phi) is 5.65. The molecule has 0 bridgehead atoms. The molecule has 7 nitrogen and oxygen atoms in total. The van der Waals surface area contributed by atoms with Gasteiger partial charge in [0, 0.05) is 24.8 Å². The SMILES string of the molecule is C[C@H]1Cc2ccccc2N1C(=O)CSc1nnc(N2CCOCC2)n1-c1ccccc1. The lowest BCUT2D eigenvalue weighted by molar-refractivity contribution is -0.116. The Morgan fingerprint density at radius 3 is 2.61 bits per heavy atom. The quantitative estimate of drug-likeness (QED) is 0.574. The summed E-state index contributed by atoms with van der Waals surface area (Å²) in [5.41, 5.74) is 3.25. The Hall–Kier alpha value is -2.84. The second-order valence-electron chi connectivity index (χ2n) is 7.79. The van der Waals surface area contributed by atoms with Gasteiger partial charge < -0.3 is 14.5 Å². The van der Waals surface area contributed by atoms with Crippen LogP contribution in [0.5, 0.6) is 0 Å². The molecule has 2 aliphatic rings. The molecule has 1 atom stereocenters. The van der Waals surface area contributed by atoms with Crippen LogP contribution in [0.25, 0.3) is 5.69 Å². The van der Waals surface area contributed by atoms with E-state index in [1.165, 1.54) is 17.3 Å². The van der Waals surface area contributed by atoms with Gasteiger partial charge in [-0.1, -0.05) is 48.2 Å². The van der Waals surface area contributed by atoms with E-state index in [1.54, 1.807) is 0 Å². The van der Waals surface area contributed by atoms with E-state index >= 15 is 0 Å². The predicted octanol–water partition coefficient (Wildman–Crippen LogP) is 3.17. The van der Waals surface area contributed by atoms with E-state index in [0.717, 1.165) is 42.0 Å². The Morgan fingerprint density at radius 1 is 1.06 bits per heavy atom. The Morgan fingerprint density at radius 2 is 1.81 bits per heavy atom. The minimum Gasteiger partial charge on any atom is -0.378 e. The zero-order valence-corrected chi connectivity index (χ0v) is 18.3. The van der Waals surface area contributed by atoms with Crippen molar-refractivity contribution in [2.45, 2.75) is 24.5 Å². The van der Waals surface area contributed by atoms with Crippen LogP contribution >= 0.6 is 11.8 Å². The molecule has 2 aromatic carbocycles. The molecule has 1 saturated heterocycles. The first kappa shape index (κ1) is 20.1. The molecule has 3 heterocycles. The van der Waals surface area contributed by atoms with E-state index in [9.17, 15) is 4.79 Å². The van der Waals surface area contributed by atoms with Gasteiger partial charge in [-0.25, -0.2) is 0 Å². The number of amides is 1. The zero-order valence-electron chi connectivity index (χ0n) is 17.5. The van der Waals surface area contributed by atoms with Crippen LogP contribution in [0.4, 0.5) is 11.6 Å². The molecular formula is C23H25N5O2S. The summed E-state index contributed by atoms with van der Waals surface area (Å²) in [4.78, 5) is 17.3. The molecule has 8 heteroatoms. The van der Waals surface area contributed by atoms with Crippen molar-refractivity contribution in [3.8, 4) is 5.69 Å². The van der Waals surface area contributed by atoms with Crippen LogP contribution in [0.1, 0.15) is 12.5 Å². The first-order valence-electron chi connectivity index (χ1n) is 10.6. The molecule has 160 valence electrons. The number of nitrogens with zero attached hydrogens (tertiary/aromatic N) is 5. The second kappa shape index (κ2) is 8.72. The van der Waals surface area contributed by atoms with Gasteiger partial charge in [0.05, 0.1) is 24.7 Å². The smallest absolute Gasteiger partial charge is 0.237 e. The number of anilines is 2. The van der Waals surface area contributed by atoms with Gasteiger partial charge in [0.1, 0.15) is 0 Å². The zero-order chi connectivity index (χ0) is 21.2. The fraction of sp³-hybridized carbons (Fsp3) is 0.348. The largest absolute Gasteiger partial charge is 0.378 e. The molecule has 0 N–H and O–H groups in total. The molecule has 0 saturated carbocycles. The van der Waals surface area contributed by atoms with Gasteiger partial charge in [-0.15, -0.1) is 10.2 Å². The number of hydrogen-bond acceptors (Lipinski definition) is 6. The average molecular weight is 436 g/mol. The van der Waals surface area contributed by atoms with Gasteiger partial charge >= 0.3 is 0 Å². The molecule has 2 aliphatic heterocycles. The van der Waals surface area contributed by atoms with Gasteiger partial charge in [0.15, 0.2) is 5.16 Å². The number of carbonyl (C=O) groups excluding carboxylic acids is 1. The van der Waals surface area contributed by atoms with E-state index in [2.05, 4.69) is 28.1 Å². The number of rotatable bonds is 5. The number of aromatic nitrogens is 3. The monoisotopic (exact) mass is 435 g/mol. The van der Waals surface area contributed by atoms with Crippen molar-refractivity contribution < 1.29 is 9.53 Å². The maximum atomic E-state index is 13.2. The van der Waals surface area contributed by atoms with E-state index in [4.69, 9.17) is 4.74 Å². The van der Waals surface area contributed by atoms with Crippen molar-refractivity contribution in [1.29, 1.82) is 0 Å². The number of morpholine rings is 1. The van der Waals surface area contributed by atoms with Crippen LogP contribution in [0.3, 0.4) is 0 Å². The van der Waals surface area contributed by atoms with Gasteiger partial charge in [-0.3, -0.25) is 9.36 Å². The fourth-order valence-corrected chi connectivity index (χ4v) is 5.07. The van der Waals surface area contributed by atoms with E-state index < -0.39 is 0 Å². The van der Waals surface area contributed by atoms with Crippen LogP contribution in [0, 0.1) is 0 Å². The second-order valence-corrected chi connectivity index (χ2v) is 8.73. The number of ether oxygens (including phenoxy) is 1. The number of fused-ring (bicyclic) bond motifs is 1. The molecule has 0 spiro atoms. The minimum absolute atomic E-state index is 0.0954. The maximum absolute atomic E-state index is 13.2. The highest BCUT2D eigenvalue weighted by Gasteiger charge is 2.31. The first-order chi connectivity index (χ1) is 15.2. The van der Waals surface area contributed by atoms with Crippen molar-refractivity contribution >= 4 is 29.3 Å². The summed E-state index contributed by atoms with van der Waals surface area (Å²) in [6, 6.07) is 18.4. The number of thioether (sulfide) groups is 1. The molecule has 1 aromatic heterocycles. The lowest BCUT2D eigenvalue weighted by Crippen LogP contribution is -2.38. The summed E-state index contributed by atoms with van der Waals surface area (Å²) >= 11 is 1.44. The average Bonchev–Trinajstić information content (AvgIpc) is 3.39. The molecule has 5 rings (SSSR count). The minimum atomic E-state index is 0.0954. The van der Waals surface area contributed by atoms with Crippen molar-refractivity contribution in [2.75, 3.05) is 41.9 Å². The lowest BCUT2D eigenvalue weighted by Gasteiger charge is -2.28. The van der Waals surface area contributed by atoms with Gasteiger partial charge in [0.2, 0.25) is 11.9 Å². The summed E-state index contributed by atoms with van der Waals surface area (Å²) in [6.45, 7) is 5.00. The summed E-state index contributed by atoms with van der Waals surface area (Å²) in [7, 11) is 0. The van der Waals surface area contributed by atoms with Crippen LogP contribution in [-0.2, 0) is 16.0 Å². The lowest BCUT2D eigenvalue weighted by atomic mass is 10.1. The summed E-state index contributed by atoms with van der Waals surface area (Å²) < 4.78 is 7.54. The first-order valence-corrected chi connectivity index (χ1v) is 11.6. The third-order valence-corrected chi connectivity index (χ3v) is 6.64. The summed E-state index contributed by atoms with van der Waals surface area (Å²) in [6.07, 6.45) is 0.897. The molecule has 3 aromatic rings. The van der Waals surface area contributed by atoms with Gasteiger partial charge in [-0.05, 0) is 37.1 Å². The third-order valence-electron chi connectivity index (χ3n) is 5.73. The van der Waals surface area contributed by atoms with E-state index in [-0.39, 0.29) is 11.9 Å². The Labute approximate surface area is 186 Å². The third kappa shape index (κ3) is 3.93. The van der Waals surface area contributed by atoms with Crippen molar-refractivity contribution in [1.82, 2.24) is 14.8 Å². The summed E-state index contributed by atoms with van der Waals surface area (Å²) in [5.74, 6) is 1.20. The van der Waals surface area contributed by atoms with Gasteiger partial charge in [0.25, 0.3) is 0 Å². The Balaban J connectivity index is 1.39. The van der Waals surface area contributed by atoms with E-state index in [0.29, 0.717) is 19.0 Å². The topological polar surface area (TPSA) is 63.5 Å². The molecule has 0 aliphatic carbocycles. The molecule has 0 unspecified atom stereocenters. The normalized spacial score (nSPS) is 18.3. The van der Waals surface area contributed by atoms with Crippen molar-refractivity contribution in [3.05, 3.63) is 60.2 Å². The number of carbonyl (C=O) groups is 1. The molecule has 1 amide bonds. The van der Waals surface area contributed by atoms with Crippen LogP contribution in [0.15, 0.2) is 59.8 Å². The number of benzene rings is 2. The van der Waals surface area contributed by atoms with Crippen LogP contribution in [-0.4, -0.2) is 58.8 Å². The standard InChI is InChI=1S/C23H25N5O2S/c1-17-15-18-7-5-6-10-20(18)27(17)21(29)16-31-23-25-24-22(26-11-13-30-14-12-26)28(23)19-8-3-2-4-9-19/h2-10,17H,11-16H2,1H3/t17-/m0/s1. The Bertz CT molecular complexity index is 1060. The number of para-hydroxylation sites is 2. The highest BCUT2D eigenvalue weighted by atomic mass is 32.2. The highest BCUT2D eigenvalue weighted by Crippen LogP contribution is 2.33. The number of hydrogen-bond donors (Lipinski definition) is 0.